The summed E-state index contributed by atoms with van der Waals surface area (Å²) < 4.78 is 1.09. The van der Waals surface area contributed by atoms with Crippen molar-refractivity contribution in [1.82, 2.24) is 6.15 Å². The Morgan fingerprint density at radius 3 is 1.50 bits per heavy atom. The highest BCUT2D eigenvalue weighted by Gasteiger charge is 2.18. The van der Waals surface area contributed by atoms with Crippen molar-refractivity contribution in [3.8, 4) is 0 Å². The fraction of sp³-hybridized carbons (Fsp3) is 0.600. The molecule has 0 unspecified atom stereocenters. The minimum absolute atomic E-state index is 0. The Bertz CT molecular complexity index is 114. The maximum atomic E-state index is 3.77. The summed E-state index contributed by atoms with van der Waals surface area (Å²) in [5, 5.41) is 0. The van der Waals surface area contributed by atoms with Gasteiger partial charge in [-0.3, -0.25) is 0 Å². The van der Waals surface area contributed by atoms with Crippen LogP contribution in [0.1, 0.15) is 13.8 Å². The van der Waals surface area contributed by atoms with Crippen LogP contribution in [-0.4, -0.2) is 30.7 Å². The molecule has 0 aromatic carbocycles. The Kier molecular flexibility index (Phi) is 8.22. The third kappa shape index (κ3) is 3.69. The van der Waals surface area contributed by atoms with Gasteiger partial charge in [0.1, 0.15) is 0 Å². The van der Waals surface area contributed by atoms with Gasteiger partial charge in [-0.1, -0.05) is 13.2 Å². The second-order valence-corrected chi connectivity index (χ2v) is 2.92. The molecule has 0 aromatic heterocycles. The molecule has 0 amide bonds. The smallest absolute Gasteiger partial charge is 0.0973 e. The highest BCUT2D eigenvalue weighted by Crippen LogP contribution is 2.05. The molecule has 0 aliphatic rings. The summed E-state index contributed by atoms with van der Waals surface area (Å²) >= 11 is 0. The quantitative estimate of drug-likeness (QED) is 0.483. The Labute approximate surface area is 76.8 Å². The lowest BCUT2D eigenvalue weighted by Gasteiger charge is -2.34. The summed E-state index contributed by atoms with van der Waals surface area (Å²) in [4.78, 5) is 0. The van der Waals surface area contributed by atoms with Crippen molar-refractivity contribution in [1.29, 1.82) is 0 Å². The van der Waals surface area contributed by atoms with E-state index in [0.29, 0.717) is 0 Å². The molecule has 12 heavy (non-hydrogen) atoms. The first kappa shape index (κ1) is 14.0. The predicted octanol–water partition coefficient (Wildman–Crippen LogP) is 2.38. The topological polar surface area (TPSA) is 35.0 Å². The molecule has 2 nitrogen and oxygen atoms in total. The van der Waals surface area contributed by atoms with E-state index in [-0.39, 0.29) is 6.15 Å². The highest BCUT2D eigenvalue weighted by molar-refractivity contribution is 4.71. The molecule has 0 radical (unpaired) electrons. The van der Waals surface area contributed by atoms with E-state index in [1.54, 1.807) is 0 Å². The molecule has 72 valence electrons. The van der Waals surface area contributed by atoms with Gasteiger partial charge in [0, 0.05) is 0 Å². The van der Waals surface area contributed by atoms with Crippen LogP contribution in [0.15, 0.2) is 25.3 Å². The van der Waals surface area contributed by atoms with Gasteiger partial charge in [-0.05, 0) is 26.0 Å². The zero-order valence-corrected chi connectivity index (χ0v) is 8.55. The van der Waals surface area contributed by atoms with E-state index in [4.69, 9.17) is 0 Å². The zero-order chi connectivity index (χ0) is 8.74. The average Bonchev–Trinajstić information content (AvgIpc) is 2.04. The normalized spacial score (nSPS) is 10.2. The molecular weight excluding hydrogens is 148 g/mol. The van der Waals surface area contributed by atoms with Crippen molar-refractivity contribution in [2.24, 2.45) is 0 Å². The molecule has 2 heteroatoms. The third-order valence-corrected chi connectivity index (χ3v) is 2.37. The summed E-state index contributed by atoms with van der Waals surface area (Å²) in [6.45, 7) is 16.4. The van der Waals surface area contributed by atoms with E-state index in [1.165, 1.54) is 0 Å². The first-order valence-corrected chi connectivity index (χ1v) is 4.31. The number of nitrogens with zero attached hydrogens (tertiary/aromatic N) is 1. The Morgan fingerprint density at radius 1 is 1.00 bits per heavy atom. The second kappa shape index (κ2) is 7.07. The van der Waals surface area contributed by atoms with Gasteiger partial charge >= 0.3 is 0 Å². The third-order valence-electron chi connectivity index (χ3n) is 2.37. The van der Waals surface area contributed by atoms with Crippen LogP contribution in [0.25, 0.3) is 0 Å². The van der Waals surface area contributed by atoms with Crippen LogP contribution in [0.4, 0.5) is 0 Å². The molecule has 0 saturated carbocycles. The van der Waals surface area contributed by atoms with Crippen molar-refractivity contribution < 1.29 is 4.48 Å². The van der Waals surface area contributed by atoms with Crippen molar-refractivity contribution in [2.45, 2.75) is 13.8 Å². The van der Waals surface area contributed by atoms with E-state index in [9.17, 15) is 0 Å². The van der Waals surface area contributed by atoms with Gasteiger partial charge in [0.15, 0.2) is 0 Å². The average molecular weight is 171 g/mol. The summed E-state index contributed by atoms with van der Waals surface area (Å²) in [6.07, 6.45) is 3.99. The van der Waals surface area contributed by atoms with Crippen LogP contribution >= 0.6 is 0 Å². The molecule has 0 heterocycles. The van der Waals surface area contributed by atoms with E-state index in [2.05, 4.69) is 27.0 Å². The van der Waals surface area contributed by atoms with Gasteiger partial charge in [0.2, 0.25) is 0 Å². The molecule has 0 fully saturated rings. The van der Waals surface area contributed by atoms with Crippen molar-refractivity contribution in [2.75, 3.05) is 26.2 Å². The fourth-order valence-electron chi connectivity index (χ4n) is 1.36. The molecule has 0 spiro atoms. The van der Waals surface area contributed by atoms with Crippen LogP contribution in [-0.2, 0) is 0 Å². The van der Waals surface area contributed by atoms with E-state index in [1.807, 2.05) is 12.2 Å². The molecule has 0 bridgehead atoms. The van der Waals surface area contributed by atoms with Gasteiger partial charge in [0.25, 0.3) is 0 Å². The van der Waals surface area contributed by atoms with Crippen LogP contribution in [0.3, 0.4) is 0 Å². The fourth-order valence-corrected chi connectivity index (χ4v) is 1.36. The Hall–Kier alpha value is -0.600. The molecule has 0 aromatic rings. The molecule has 3 N–H and O–H groups in total. The maximum Gasteiger partial charge on any atom is 0.0973 e. The number of rotatable bonds is 6. The van der Waals surface area contributed by atoms with Crippen molar-refractivity contribution in [3.05, 3.63) is 25.3 Å². The monoisotopic (exact) mass is 171 g/mol. The van der Waals surface area contributed by atoms with Crippen molar-refractivity contribution in [3.63, 3.8) is 0 Å². The summed E-state index contributed by atoms with van der Waals surface area (Å²) in [5.74, 6) is 0. The molecule has 0 saturated heterocycles. The zero-order valence-electron chi connectivity index (χ0n) is 8.55. The first-order valence-electron chi connectivity index (χ1n) is 4.31. The lowest BCUT2D eigenvalue weighted by atomic mass is 10.3. The Morgan fingerprint density at radius 2 is 1.33 bits per heavy atom. The van der Waals surface area contributed by atoms with Gasteiger partial charge in [0.05, 0.1) is 26.2 Å². The molecule has 0 rings (SSSR count). The van der Waals surface area contributed by atoms with Gasteiger partial charge < -0.3 is 10.6 Å². The lowest BCUT2D eigenvalue weighted by molar-refractivity contribution is -0.914. The van der Waals surface area contributed by atoms with Gasteiger partial charge in [-0.25, -0.2) is 0 Å². The van der Waals surface area contributed by atoms with E-state index < -0.39 is 0 Å². The largest absolute Gasteiger partial charge is 0.344 e. The molecule has 0 aliphatic carbocycles. The van der Waals surface area contributed by atoms with Crippen LogP contribution in [0.2, 0.25) is 0 Å². The first-order chi connectivity index (χ1) is 5.24. The van der Waals surface area contributed by atoms with Gasteiger partial charge in [-0.15, -0.1) is 0 Å². The van der Waals surface area contributed by atoms with Crippen LogP contribution < -0.4 is 6.15 Å². The molecular formula is C10H23N2+. The lowest BCUT2D eigenvalue weighted by Crippen LogP contribution is -2.47. The summed E-state index contributed by atoms with van der Waals surface area (Å²) in [7, 11) is 0. The number of likely N-dealkylation sites (N-methyl/N-ethyl adjacent to an activating group) is 1. The van der Waals surface area contributed by atoms with E-state index >= 15 is 0 Å². The standard InChI is InChI=1S/C10H20N.H3N/c1-5-9-11(7-3,8-4)10-6-2;/h5-6H,1-2,7-10H2,3-4H3;1H3/q+1;. The van der Waals surface area contributed by atoms with Crippen LogP contribution in [0, 0.1) is 0 Å². The van der Waals surface area contributed by atoms with E-state index in [0.717, 1.165) is 30.7 Å². The molecule has 0 aliphatic heterocycles. The van der Waals surface area contributed by atoms with Crippen LogP contribution in [0.5, 0.6) is 0 Å². The number of hydrogen-bond acceptors (Lipinski definition) is 1. The highest BCUT2D eigenvalue weighted by atomic mass is 15.3. The SMILES string of the molecule is C=CC[N+](CC)(CC)CC=C.N. The summed E-state index contributed by atoms with van der Waals surface area (Å²) in [6, 6.07) is 0. The number of quaternary nitrogens is 1. The second-order valence-electron chi connectivity index (χ2n) is 2.92. The number of hydrogen-bond donors (Lipinski definition) is 1. The Balaban J connectivity index is 0. The minimum Gasteiger partial charge on any atom is -0.344 e. The molecule has 0 atom stereocenters. The van der Waals surface area contributed by atoms with Gasteiger partial charge in [-0.2, -0.15) is 0 Å². The maximum absolute atomic E-state index is 3.77. The van der Waals surface area contributed by atoms with Crippen molar-refractivity contribution >= 4 is 0 Å². The predicted molar refractivity (Wildman–Crippen MR) is 56.5 cm³/mol. The minimum atomic E-state index is 0. The summed E-state index contributed by atoms with van der Waals surface area (Å²) in [5.41, 5.74) is 0.